The fourth-order valence-corrected chi connectivity index (χ4v) is 0.544. The van der Waals surface area contributed by atoms with Crippen LogP contribution in [0, 0.1) is 6.92 Å². The molecule has 36 valence electrons. The topological polar surface area (TPSA) is 17.8 Å². The van der Waals surface area contributed by atoms with Gasteiger partial charge in [0, 0.05) is 6.20 Å². The summed E-state index contributed by atoms with van der Waals surface area (Å²) >= 11 is 0. The molecule has 0 spiro atoms. The van der Waals surface area contributed by atoms with Crippen LogP contribution in [0.2, 0.25) is 0 Å². The van der Waals surface area contributed by atoms with E-state index in [9.17, 15) is 0 Å². The lowest BCUT2D eigenvalue weighted by Crippen LogP contribution is -1.81. The highest BCUT2D eigenvalue weighted by Crippen LogP contribution is 1.86. The number of nitrogens with zero attached hydrogens (tertiary/aromatic N) is 2. The molecule has 2 nitrogen and oxygen atoms in total. The highest BCUT2D eigenvalue weighted by atomic mass is 14.9. The predicted octanol–water partition coefficient (Wildman–Crippen LogP) is -0.412. The van der Waals surface area contributed by atoms with Crippen molar-refractivity contribution in [3.05, 3.63) is 18.2 Å². The van der Waals surface area contributed by atoms with Crippen molar-refractivity contribution in [2.75, 3.05) is 0 Å². The van der Waals surface area contributed by atoms with E-state index in [1.54, 1.807) is 6.33 Å². The zero-order chi connectivity index (χ0) is 5.28. The molecule has 0 aromatic carbocycles. The molecule has 0 radical (unpaired) electrons. The molecule has 1 rings (SSSR count). The first-order valence-electron chi connectivity index (χ1n) is 2.23. The number of aryl methyl sites for hydroxylation is 1. The zero-order valence-electron chi connectivity index (χ0n) is 4.55. The van der Waals surface area contributed by atoms with Crippen molar-refractivity contribution in [1.29, 1.82) is 0 Å². The molecule has 0 aliphatic carbocycles. The zero-order valence-corrected chi connectivity index (χ0v) is 4.55. The van der Waals surface area contributed by atoms with E-state index in [-0.39, 0.29) is 0 Å². The maximum Gasteiger partial charge on any atom is 0.224 e. The Morgan fingerprint density at radius 2 is 2.57 bits per heavy atom. The van der Waals surface area contributed by atoms with E-state index in [0.717, 1.165) is 5.69 Å². The van der Waals surface area contributed by atoms with Gasteiger partial charge in [0.05, 0.1) is 12.0 Å². The molecule has 0 bridgehead atoms. The molecule has 0 amide bonds. The molecule has 0 atom stereocenters. The van der Waals surface area contributed by atoms with Gasteiger partial charge in [-0.2, -0.15) is 0 Å². The van der Waals surface area contributed by atoms with Crippen LogP contribution in [0.15, 0.2) is 12.5 Å². The summed E-state index contributed by atoms with van der Waals surface area (Å²) in [4.78, 5) is 3.98. The minimum atomic E-state index is 1.07. The average Bonchev–Trinajstić information content (AvgIpc) is 1.87. The second-order valence-electron chi connectivity index (χ2n) is 1.68. The highest BCUT2D eigenvalue weighted by molar-refractivity contribution is 6.06. The number of hydrogen-bond donors (Lipinski definition) is 0. The Bertz CT molecular complexity index is 142. The van der Waals surface area contributed by atoms with Crippen molar-refractivity contribution in [3.8, 4) is 0 Å². The number of rotatable bonds is 0. The van der Waals surface area contributed by atoms with E-state index in [1.165, 1.54) is 0 Å². The minimum absolute atomic E-state index is 1.07. The molecule has 1 aromatic heterocycles. The summed E-state index contributed by atoms with van der Waals surface area (Å²) in [7, 11) is 1.96. The quantitative estimate of drug-likeness (QED) is 0.399. The van der Waals surface area contributed by atoms with E-state index in [0.29, 0.717) is 0 Å². The summed E-state index contributed by atoms with van der Waals surface area (Å²) in [5.41, 5.74) is 1.07. The summed E-state index contributed by atoms with van der Waals surface area (Å²) in [6.07, 6.45) is 3.76. The third kappa shape index (κ3) is 0.826. The largest absolute Gasteiger partial charge is 0.389 e. The van der Waals surface area contributed by atoms with E-state index in [4.69, 9.17) is 0 Å². The Morgan fingerprint density at radius 1 is 1.86 bits per heavy atom. The Balaban J connectivity index is 3.04. The van der Waals surface area contributed by atoms with E-state index in [2.05, 4.69) is 4.98 Å². The van der Waals surface area contributed by atoms with Gasteiger partial charge < -0.3 is 4.48 Å². The lowest BCUT2D eigenvalue weighted by molar-refractivity contribution is 1.21. The van der Waals surface area contributed by atoms with Gasteiger partial charge in [-0.05, 0) is 6.92 Å². The van der Waals surface area contributed by atoms with Gasteiger partial charge in [0.2, 0.25) is 7.98 Å². The van der Waals surface area contributed by atoms with Gasteiger partial charge in [-0.1, -0.05) is 0 Å². The van der Waals surface area contributed by atoms with Gasteiger partial charge >= 0.3 is 0 Å². The van der Waals surface area contributed by atoms with E-state index in [1.807, 2.05) is 25.6 Å². The SMILES string of the molecule is Bn1cnc(C)c1. The molecule has 0 unspecified atom stereocenters. The van der Waals surface area contributed by atoms with Crippen molar-refractivity contribution in [2.24, 2.45) is 0 Å². The second kappa shape index (κ2) is 1.41. The van der Waals surface area contributed by atoms with Gasteiger partial charge in [0.15, 0.2) is 0 Å². The summed E-state index contributed by atoms with van der Waals surface area (Å²) in [6, 6.07) is 0. The molecule has 0 N–H and O–H groups in total. The molecule has 0 aliphatic rings. The van der Waals surface area contributed by atoms with Gasteiger partial charge in [-0.25, -0.2) is 4.98 Å². The van der Waals surface area contributed by atoms with Gasteiger partial charge in [0.25, 0.3) is 0 Å². The van der Waals surface area contributed by atoms with Crippen LogP contribution in [-0.4, -0.2) is 17.4 Å². The molecule has 0 saturated heterocycles. The fourth-order valence-electron chi connectivity index (χ4n) is 0.544. The molecule has 0 saturated carbocycles. The van der Waals surface area contributed by atoms with Crippen LogP contribution in [0.25, 0.3) is 0 Å². The van der Waals surface area contributed by atoms with Crippen molar-refractivity contribution < 1.29 is 0 Å². The van der Waals surface area contributed by atoms with E-state index >= 15 is 0 Å². The Morgan fingerprint density at radius 3 is 2.71 bits per heavy atom. The van der Waals surface area contributed by atoms with Gasteiger partial charge in [-0.15, -0.1) is 0 Å². The Hall–Kier alpha value is -0.725. The molecule has 3 heteroatoms. The number of hydrogen-bond acceptors (Lipinski definition) is 1. The third-order valence-electron chi connectivity index (χ3n) is 0.834. The first-order valence-corrected chi connectivity index (χ1v) is 2.23. The monoisotopic (exact) mass is 94.1 g/mol. The molecule has 0 fully saturated rings. The molecular weight excluding hydrogens is 86.9 g/mol. The van der Waals surface area contributed by atoms with Crippen molar-refractivity contribution in [1.82, 2.24) is 9.46 Å². The van der Waals surface area contributed by atoms with Gasteiger partial charge in [0.1, 0.15) is 0 Å². The smallest absolute Gasteiger partial charge is 0.224 e. The van der Waals surface area contributed by atoms with Crippen LogP contribution in [0.3, 0.4) is 0 Å². The van der Waals surface area contributed by atoms with Crippen LogP contribution in [0.1, 0.15) is 5.69 Å². The van der Waals surface area contributed by atoms with Crippen molar-refractivity contribution in [3.63, 3.8) is 0 Å². The second-order valence-corrected chi connectivity index (χ2v) is 1.68. The molecular formula is C4H7BN2. The summed E-state index contributed by atoms with van der Waals surface area (Å²) in [5, 5.41) is 0. The third-order valence-corrected chi connectivity index (χ3v) is 0.834. The summed E-state index contributed by atoms with van der Waals surface area (Å²) in [5.74, 6) is 0. The first kappa shape index (κ1) is 4.43. The first-order chi connectivity index (χ1) is 3.29. The molecule has 1 aromatic rings. The maximum absolute atomic E-state index is 3.98. The van der Waals surface area contributed by atoms with Crippen LogP contribution in [0.5, 0.6) is 0 Å². The lowest BCUT2D eigenvalue weighted by atomic mass is 10.4. The number of imidazole rings is 1. The van der Waals surface area contributed by atoms with Gasteiger partial charge in [-0.3, -0.25) is 0 Å². The van der Waals surface area contributed by atoms with Crippen molar-refractivity contribution >= 4 is 7.98 Å². The minimum Gasteiger partial charge on any atom is -0.389 e. The maximum atomic E-state index is 3.98. The molecule has 7 heavy (non-hydrogen) atoms. The fraction of sp³-hybridized carbons (Fsp3) is 0.250. The summed E-state index contributed by atoms with van der Waals surface area (Å²) in [6.45, 7) is 1.97. The normalized spacial score (nSPS) is 9.29. The standard InChI is InChI=1S/C4H7BN2/c1-4-2-7(5)3-6-4/h2-3H,5H2,1H3. The van der Waals surface area contributed by atoms with Crippen molar-refractivity contribution in [2.45, 2.75) is 6.92 Å². The lowest BCUT2D eigenvalue weighted by Gasteiger charge is -1.78. The number of aromatic nitrogens is 2. The Kier molecular flexibility index (Phi) is 0.892. The molecule has 0 aliphatic heterocycles. The van der Waals surface area contributed by atoms with E-state index < -0.39 is 0 Å². The predicted molar refractivity (Wildman–Crippen MR) is 30.9 cm³/mol. The summed E-state index contributed by atoms with van der Waals surface area (Å²) < 4.78 is 1.93. The average molecular weight is 93.9 g/mol. The van der Waals surface area contributed by atoms with Crippen LogP contribution in [0.4, 0.5) is 0 Å². The molecule has 1 heterocycles. The Labute approximate surface area is 43.6 Å². The van der Waals surface area contributed by atoms with Crippen LogP contribution < -0.4 is 0 Å². The van der Waals surface area contributed by atoms with Crippen LogP contribution >= 0.6 is 0 Å². The highest BCUT2D eigenvalue weighted by Gasteiger charge is 1.81. The van der Waals surface area contributed by atoms with Crippen LogP contribution in [-0.2, 0) is 0 Å².